The van der Waals surface area contributed by atoms with Crippen molar-refractivity contribution in [1.29, 1.82) is 5.41 Å². The molecule has 0 radical (unpaired) electrons. The molecule has 0 atom stereocenters. The number of furan rings is 1. The van der Waals surface area contributed by atoms with Gasteiger partial charge in [-0.15, -0.1) is 0 Å². The fraction of sp³-hybridized carbons (Fsp3) is 0.118. The van der Waals surface area contributed by atoms with Crippen molar-refractivity contribution in [3.05, 3.63) is 59.3 Å². The SMILES string of the molecule is COc1ccc(Cl)cc1N(Cc1cc2ccccc2o1)C(=N)N. The number of rotatable bonds is 4. The summed E-state index contributed by atoms with van der Waals surface area (Å²) in [6, 6.07) is 14.8. The van der Waals surface area contributed by atoms with Gasteiger partial charge < -0.3 is 19.8 Å². The van der Waals surface area contributed by atoms with E-state index in [4.69, 9.17) is 31.9 Å². The van der Waals surface area contributed by atoms with Crippen LogP contribution in [-0.2, 0) is 6.54 Å². The molecule has 5 nitrogen and oxygen atoms in total. The summed E-state index contributed by atoms with van der Waals surface area (Å²) in [7, 11) is 1.56. The largest absolute Gasteiger partial charge is 0.495 e. The van der Waals surface area contributed by atoms with Crippen LogP contribution in [0.1, 0.15) is 5.76 Å². The number of nitrogens with one attached hydrogen (secondary N) is 1. The Morgan fingerprint density at radius 2 is 2.04 bits per heavy atom. The number of ether oxygens (including phenoxy) is 1. The highest BCUT2D eigenvalue weighted by atomic mass is 35.5. The van der Waals surface area contributed by atoms with Crippen molar-refractivity contribution in [1.82, 2.24) is 0 Å². The van der Waals surface area contributed by atoms with E-state index in [1.54, 1.807) is 30.2 Å². The van der Waals surface area contributed by atoms with Gasteiger partial charge in [-0.05, 0) is 30.3 Å². The van der Waals surface area contributed by atoms with Gasteiger partial charge in [0, 0.05) is 10.4 Å². The molecule has 3 N–H and O–H groups in total. The van der Waals surface area contributed by atoms with E-state index in [1.165, 1.54) is 0 Å². The molecule has 0 saturated carbocycles. The Labute approximate surface area is 138 Å². The number of methoxy groups -OCH3 is 1. The normalized spacial score (nSPS) is 10.7. The monoisotopic (exact) mass is 329 g/mol. The molecule has 0 bridgehead atoms. The maximum atomic E-state index is 7.88. The number of fused-ring (bicyclic) bond motifs is 1. The third-order valence-electron chi connectivity index (χ3n) is 3.51. The molecule has 0 aliphatic heterocycles. The molecule has 118 valence electrons. The lowest BCUT2D eigenvalue weighted by Gasteiger charge is -2.23. The second kappa shape index (κ2) is 6.22. The minimum absolute atomic E-state index is 0.119. The van der Waals surface area contributed by atoms with Gasteiger partial charge in [0.25, 0.3) is 0 Å². The molecule has 0 saturated heterocycles. The molecular weight excluding hydrogens is 314 g/mol. The minimum Gasteiger partial charge on any atom is -0.495 e. The predicted octanol–water partition coefficient (Wildman–Crippen LogP) is 3.99. The molecule has 0 spiro atoms. The second-order valence-electron chi connectivity index (χ2n) is 5.04. The van der Waals surface area contributed by atoms with Crippen molar-refractivity contribution >= 4 is 34.2 Å². The van der Waals surface area contributed by atoms with Gasteiger partial charge in [0.1, 0.15) is 17.1 Å². The van der Waals surface area contributed by atoms with Crippen LogP contribution in [0.3, 0.4) is 0 Å². The third kappa shape index (κ3) is 3.10. The van der Waals surface area contributed by atoms with Crippen LogP contribution in [0.5, 0.6) is 5.75 Å². The average Bonchev–Trinajstić information content (AvgIpc) is 2.95. The van der Waals surface area contributed by atoms with Crippen molar-refractivity contribution in [2.45, 2.75) is 6.54 Å². The molecule has 3 aromatic rings. The number of guanidine groups is 1. The fourth-order valence-corrected chi connectivity index (χ4v) is 2.61. The van der Waals surface area contributed by atoms with Gasteiger partial charge >= 0.3 is 0 Å². The van der Waals surface area contributed by atoms with E-state index in [-0.39, 0.29) is 5.96 Å². The maximum absolute atomic E-state index is 7.88. The number of hydrogen-bond acceptors (Lipinski definition) is 3. The third-order valence-corrected chi connectivity index (χ3v) is 3.75. The molecule has 23 heavy (non-hydrogen) atoms. The van der Waals surface area contributed by atoms with E-state index in [0.717, 1.165) is 11.0 Å². The standard InChI is InChI=1S/C17H16ClN3O2/c1-22-16-7-6-12(18)9-14(16)21(17(19)20)10-13-8-11-4-2-3-5-15(11)23-13/h2-9H,10H2,1H3,(H3,19,20). The van der Waals surface area contributed by atoms with Gasteiger partial charge in [-0.2, -0.15) is 0 Å². The number of halogens is 1. The number of anilines is 1. The molecule has 0 aliphatic rings. The van der Waals surface area contributed by atoms with E-state index < -0.39 is 0 Å². The zero-order valence-corrected chi connectivity index (χ0v) is 13.3. The van der Waals surface area contributed by atoms with Crippen molar-refractivity contribution < 1.29 is 9.15 Å². The highest BCUT2D eigenvalue weighted by Gasteiger charge is 2.18. The molecule has 0 unspecified atom stereocenters. The lowest BCUT2D eigenvalue weighted by Crippen LogP contribution is -2.36. The molecule has 0 amide bonds. The Hall–Kier alpha value is -2.66. The predicted molar refractivity (Wildman–Crippen MR) is 92.3 cm³/mol. The van der Waals surface area contributed by atoms with Crippen molar-refractivity contribution in [3.8, 4) is 5.75 Å². The van der Waals surface area contributed by atoms with Crippen molar-refractivity contribution in [3.63, 3.8) is 0 Å². The molecule has 1 heterocycles. The molecule has 0 aliphatic carbocycles. The lowest BCUT2D eigenvalue weighted by molar-refractivity contribution is 0.415. The van der Waals surface area contributed by atoms with E-state index >= 15 is 0 Å². The van der Waals surface area contributed by atoms with Gasteiger partial charge in [0.05, 0.1) is 19.3 Å². The highest BCUT2D eigenvalue weighted by Crippen LogP contribution is 2.32. The molecule has 3 rings (SSSR count). The fourth-order valence-electron chi connectivity index (χ4n) is 2.44. The number of nitrogens with zero attached hydrogens (tertiary/aromatic N) is 1. The summed E-state index contributed by atoms with van der Waals surface area (Å²) in [6.45, 7) is 0.306. The van der Waals surface area contributed by atoms with Gasteiger partial charge in [-0.25, -0.2) is 0 Å². The van der Waals surface area contributed by atoms with Gasteiger partial charge in [0.2, 0.25) is 0 Å². The van der Waals surface area contributed by atoms with E-state index in [9.17, 15) is 0 Å². The van der Waals surface area contributed by atoms with Crippen LogP contribution >= 0.6 is 11.6 Å². The summed E-state index contributed by atoms with van der Waals surface area (Å²) < 4.78 is 11.2. The first-order valence-electron chi connectivity index (χ1n) is 7.01. The second-order valence-corrected chi connectivity index (χ2v) is 5.47. The molecule has 0 fully saturated rings. The molecular formula is C17H16ClN3O2. The number of benzene rings is 2. The number of hydrogen-bond donors (Lipinski definition) is 2. The Morgan fingerprint density at radius 3 is 2.74 bits per heavy atom. The Kier molecular flexibility index (Phi) is 4.12. The van der Waals surface area contributed by atoms with Crippen LogP contribution in [0.2, 0.25) is 5.02 Å². The van der Waals surface area contributed by atoms with E-state index in [1.807, 2.05) is 30.3 Å². The summed E-state index contributed by atoms with van der Waals surface area (Å²) in [5.74, 6) is 1.16. The molecule has 6 heteroatoms. The van der Waals surface area contributed by atoms with Crippen LogP contribution in [0.4, 0.5) is 5.69 Å². The summed E-state index contributed by atoms with van der Waals surface area (Å²) in [6.07, 6.45) is 0. The van der Waals surface area contributed by atoms with Gasteiger partial charge in [-0.3, -0.25) is 5.41 Å². The molecule has 2 aromatic carbocycles. The Morgan fingerprint density at radius 1 is 1.26 bits per heavy atom. The van der Waals surface area contributed by atoms with E-state index in [0.29, 0.717) is 28.8 Å². The van der Waals surface area contributed by atoms with Crippen LogP contribution in [-0.4, -0.2) is 13.1 Å². The summed E-state index contributed by atoms with van der Waals surface area (Å²) in [5, 5.41) is 9.42. The minimum atomic E-state index is -0.119. The highest BCUT2D eigenvalue weighted by molar-refractivity contribution is 6.31. The smallest absolute Gasteiger partial charge is 0.193 e. The molecule has 1 aromatic heterocycles. The zero-order chi connectivity index (χ0) is 16.4. The van der Waals surface area contributed by atoms with E-state index in [2.05, 4.69) is 0 Å². The number of nitrogens with two attached hydrogens (primary N) is 1. The van der Waals surface area contributed by atoms with Gasteiger partial charge in [-0.1, -0.05) is 29.8 Å². The van der Waals surface area contributed by atoms with Crippen LogP contribution in [0.25, 0.3) is 11.0 Å². The van der Waals surface area contributed by atoms with Crippen LogP contribution in [0.15, 0.2) is 52.9 Å². The first kappa shape index (κ1) is 15.2. The summed E-state index contributed by atoms with van der Waals surface area (Å²) in [4.78, 5) is 1.59. The Bertz CT molecular complexity index is 827. The first-order chi connectivity index (χ1) is 11.1. The maximum Gasteiger partial charge on any atom is 0.193 e. The average molecular weight is 330 g/mol. The first-order valence-corrected chi connectivity index (χ1v) is 7.39. The van der Waals surface area contributed by atoms with Crippen LogP contribution < -0.4 is 15.4 Å². The van der Waals surface area contributed by atoms with Crippen molar-refractivity contribution in [2.24, 2.45) is 5.73 Å². The lowest BCUT2D eigenvalue weighted by atomic mass is 10.2. The topological polar surface area (TPSA) is 75.5 Å². The van der Waals surface area contributed by atoms with Gasteiger partial charge in [0.15, 0.2) is 5.96 Å². The summed E-state index contributed by atoms with van der Waals surface area (Å²) >= 11 is 6.07. The zero-order valence-electron chi connectivity index (χ0n) is 12.5. The van der Waals surface area contributed by atoms with Crippen molar-refractivity contribution in [2.75, 3.05) is 12.0 Å². The van der Waals surface area contributed by atoms with Crippen LogP contribution in [0, 0.1) is 5.41 Å². The Balaban J connectivity index is 1.99. The summed E-state index contributed by atoms with van der Waals surface area (Å²) in [5.41, 5.74) is 7.17. The number of para-hydroxylation sites is 1. The quantitative estimate of drug-likeness (QED) is 0.560.